The summed E-state index contributed by atoms with van der Waals surface area (Å²) in [6.07, 6.45) is 9.81. The first-order valence-electron chi connectivity index (χ1n) is 10.7. The number of hydrogen-bond donors (Lipinski definition) is 1. The normalized spacial score (nSPS) is 14.5. The van der Waals surface area contributed by atoms with E-state index < -0.39 is 0 Å². The fourth-order valence-corrected chi connectivity index (χ4v) is 4.47. The summed E-state index contributed by atoms with van der Waals surface area (Å²) in [7, 11) is 3.90. The van der Waals surface area contributed by atoms with E-state index in [0.717, 1.165) is 69.4 Å². The van der Waals surface area contributed by atoms with Gasteiger partial charge in [0.25, 0.3) is 5.56 Å². The van der Waals surface area contributed by atoms with Crippen molar-refractivity contribution < 1.29 is 0 Å². The Kier molecular flexibility index (Phi) is 5.07. The first-order valence-corrected chi connectivity index (χ1v) is 10.7. The number of aryl methyl sites for hydroxylation is 1. The van der Waals surface area contributed by atoms with Gasteiger partial charge in [-0.2, -0.15) is 0 Å². The van der Waals surface area contributed by atoms with Gasteiger partial charge < -0.3 is 15.2 Å². The zero-order chi connectivity index (χ0) is 22.2. The van der Waals surface area contributed by atoms with E-state index in [1.807, 2.05) is 49.9 Å². The lowest BCUT2D eigenvalue weighted by Crippen LogP contribution is -2.34. The van der Waals surface area contributed by atoms with Crippen molar-refractivity contribution in [2.45, 2.75) is 13.0 Å². The van der Waals surface area contributed by atoms with E-state index in [1.165, 1.54) is 0 Å². The molecule has 0 spiro atoms. The SMILES string of the molecule is CN1CCc2c(c(-c3ccc(C(=CN)c4ccc5cnccc5c4)nc3)cn(C)c2=O)C1. The fraction of sp³-hybridized carbons (Fsp3) is 0.192. The molecule has 0 saturated carbocycles. The maximum atomic E-state index is 12.6. The third-order valence-electron chi connectivity index (χ3n) is 6.23. The second-order valence-electron chi connectivity index (χ2n) is 8.35. The van der Waals surface area contributed by atoms with Gasteiger partial charge in [-0.1, -0.05) is 18.2 Å². The van der Waals surface area contributed by atoms with Gasteiger partial charge in [0, 0.05) is 78.8 Å². The number of likely N-dealkylation sites (N-methyl/N-ethyl adjacent to an activating group) is 1. The maximum Gasteiger partial charge on any atom is 0.253 e. The first-order chi connectivity index (χ1) is 15.5. The molecule has 2 N–H and O–H groups in total. The molecule has 0 amide bonds. The summed E-state index contributed by atoms with van der Waals surface area (Å²) >= 11 is 0. The molecule has 0 unspecified atom stereocenters. The van der Waals surface area contributed by atoms with Gasteiger partial charge in [0.2, 0.25) is 0 Å². The van der Waals surface area contributed by atoms with Crippen molar-refractivity contribution in [3.8, 4) is 11.1 Å². The van der Waals surface area contributed by atoms with Crippen molar-refractivity contribution in [3.05, 3.63) is 100 Å². The van der Waals surface area contributed by atoms with Crippen LogP contribution in [0, 0.1) is 0 Å². The molecule has 1 aromatic carbocycles. The summed E-state index contributed by atoms with van der Waals surface area (Å²) in [5.74, 6) is 0. The fourth-order valence-electron chi connectivity index (χ4n) is 4.47. The Bertz CT molecular complexity index is 1400. The zero-order valence-corrected chi connectivity index (χ0v) is 18.2. The van der Waals surface area contributed by atoms with Crippen molar-refractivity contribution in [3.63, 3.8) is 0 Å². The van der Waals surface area contributed by atoms with E-state index in [0.29, 0.717) is 0 Å². The zero-order valence-electron chi connectivity index (χ0n) is 18.2. The number of nitrogens with two attached hydrogens (primary N) is 1. The summed E-state index contributed by atoms with van der Waals surface area (Å²) in [5.41, 5.74) is 12.9. The van der Waals surface area contributed by atoms with Crippen LogP contribution in [0.15, 0.2) is 72.2 Å². The molecule has 4 aromatic rings. The molecular formula is C26H25N5O. The summed E-state index contributed by atoms with van der Waals surface area (Å²) in [4.78, 5) is 23.8. The van der Waals surface area contributed by atoms with E-state index in [2.05, 4.69) is 29.1 Å². The standard InChI is InChI=1S/C26H25N5O/c1-30-10-8-21-24(15-30)23(16-31(2)26(21)32)20-5-6-25(29-14-20)22(12-27)18-3-4-19-13-28-9-7-17(19)11-18/h3-7,9,11-14,16H,8,10,15,27H2,1-2H3. The Morgan fingerprint density at radius 3 is 2.72 bits per heavy atom. The third kappa shape index (κ3) is 3.48. The molecular weight excluding hydrogens is 398 g/mol. The van der Waals surface area contributed by atoms with Crippen LogP contribution in [0.1, 0.15) is 22.4 Å². The molecule has 0 atom stereocenters. The minimum Gasteiger partial charge on any atom is -0.404 e. The van der Waals surface area contributed by atoms with Crippen LogP contribution in [0.2, 0.25) is 0 Å². The van der Waals surface area contributed by atoms with Gasteiger partial charge in [-0.15, -0.1) is 0 Å². The van der Waals surface area contributed by atoms with Gasteiger partial charge in [-0.25, -0.2) is 0 Å². The molecule has 32 heavy (non-hydrogen) atoms. The summed E-state index contributed by atoms with van der Waals surface area (Å²) in [6.45, 7) is 1.66. The topological polar surface area (TPSA) is 77.0 Å². The molecule has 0 radical (unpaired) electrons. The smallest absolute Gasteiger partial charge is 0.253 e. The average molecular weight is 424 g/mol. The quantitative estimate of drug-likeness (QED) is 0.547. The molecule has 4 heterocycles. The second-order valence-corrected chi connectivity index (χ2v) is 8.35. The lowest BCUT2D eigenvalue weighted by atomic mass is 9.93. The lowest BCUT2D eigenvalue weighted by molar-refractivity contribution is 0.311. The number of aromatic nitrogens is 3. The van der Waals surface area contributed by atoms with E-state index in [4.69, 9.17) is 10.7 Å². The number of fused-ring (bicyclic) bond motifs is 2. The molecule has 0 fully saturated rings. The average Bonchev–Trinajstić information content (AvgIpc) is 2.82. The van der Waals surface area contributed by atoms with Gasteiger partial charge in [0.1, 0.15) is 0 Å². The Labute approximate surface area is 186 Å². The third-order valence-corrected chi connectivity index (χ3v) is 6.23. The Hall–Kier alpha value is -3.77. The lowest BCUT2D eigenvalue weighted by Gasteiger charge is -2.27. The van der Waals surface area contributed by atoms with Crippen molar-refractivity contribution in [2.75, 3.05) is 13.6 Å². The highest BCUT2D eigenvalue weighted by Crippen LogP contribution is 2.30. The van der Waals surface area contributed by atoms with Crippen molar-refractivity contribution in [2.24, 2.45) is 12.8 Å². The van der Waals surface area contributed by atoms with Crippen LogP contribution in [0.5, 0.6) is 0 Å². The highest BCUT2D eigenvalue weighted by Gasteiger charge is 2.21. The molecule has 6 heteroatoms. The van der Waals surface area contributed by atoms with E-state index in [9.17, 15) is 4.79 Å². The number of nitrogens with zero attached hydrogens (tertiary/aromatic N) is 4. The van der Waals surface area contributed by atoms with Crippen molar-refractivity contribution in [1.29, 1.82) is 0 Å². The van der Waals surface area contributed by atoms with Crippen LogP contribution >= 0.6 is 0 Å². The molecule has 5 rings (SSSR count). The van der Waals surface area contributed by atoms with Crippen molar-refractivity contribution in [1.82, 2.24) is 19.4 Å². The van der Waals surface area contributed by atoms with Gasteiger partial charge in [-0.05, 0) is 48.2 Å². The summed E-state index contributed by atoms with van der Waals surface area (Å²) in [5, 5.41) is 2.19. The molecule has 0 bridgehead atoms. The minimum atomic E-state index is 0.0984. The first kappa shape index (κ1) is 20.2. The highest BCUT2D eigenvalue weighted by molar-refractivity contribution is 5.88. The Morgan fingerprint density at radius 1 is 1.06 bits per heavy atom. The van der Waals surface area contributed by atoms with Gasteiger partial charge in [0.05, 0.1) is 5.69 Å². The van der Waals surface area contributed by atoms with Crippen LogP contribution in [0.25, 0.3) is 27.5 Å². The van der Waals surface area contributed by atoms with Crippen LogP contribution in [0.3, 0.4) is 0 Å². The molecule has 1 aliphatic heterocycles. The number of rotatable bonds is 3. The van der Waals surface area contributed by atoms with Gasteiger partial charge >= 0.3 is 0 Å². The molecule has 0 aliphatic carbocycles. The largest absolute Gasteiger partial charge is 0.404 e. The summed E-state index contributed by atoms with van der Waals surface area (Å²) in [6, 6.07) is 12.2. The minimum absolute atomic E-state index is 0.0984. The van der Waals surface area contributed by atoms with Crippen LogP contribution in [0.4, 0.5) is 0 Å². The molecule has 0 saturated heterocycles. The molecule has 160 valence electrons. The second kappa shape index (κ2) is 8.05. The molecule has 3 aromatic heterocycles. The van der Waals surface area contributed by atoms with Gasteiger partial charge in [0.15, 0.2) is 0 Å². The van der Waals surface area contributed by atoms with Crippen LogP contribution in [-0.4, -0.2) is 33.0 Å². The number of benzene rings is 1. The van der Waals surface area contributed by atoms with Crippen LogP contribution < -0.4 is 11.3 Å². The maximum absolute atomic E-state index is 12.6. The van der Waals surface area contributed by atoms with E-state index >= 15 is 0 Å². The Balaban J connectivity index is 1.54. The molecule has 6 nitrogen and oxygen atoms in total. The number of pyridine rings is 3. The predicted octanol–water partition coefficient (Wildman–Crippen LogP) is 3.33. The van der Waals surface area contributed by atoms with Gasteiger partial charge in [-0.3, -0.25) is 14.8 Å². The predicted molar refractivity (Wildman–Crippen MR) is 128 cm³/mol. The highest BCUT2D eigenvalue weighted by atomic mass is 16.1. The van der Waals surface area contributed by atoms with Crippen LogP contribution in [-0.2, 0) is 20.0 Å². The molecule has 1 aliphatic rings. The van der Waals surface area contributed by atoms with E-state index in [-0.39, 0.29) is 5.56 Å². The monoisotopic (exact) mass is 423 g/mol. The van der Waals surface area contributed by atoms with Crippen molar-refractivity contribution >= 4 is 16.3 Å². The number of hydrogen-bond acceptors (Lipinski definition) is 5. The Morgan fingerprint density at radius 2 is 1.94 bits per heavy atom. The van der Waals surface area contributed by atoms with E-state index in [1.54, 1.807) is 17.0 Å². The summed E-state index contributed by atoms with van der Waals surface area (Å²) < 4.78 is 1.68.